The van der Waals surface area contributed by atoms with E-state index in [0.717, 1.165) is 28.1 Å². The minimum Gasteiger partial charge on any atom is -0.340 e. The van der Waals surface area contributed by atoms with Crippen LogP contribution in [0.3, 0.4) is 0 Å². The highest BCUT2D eigenvalue weighted by molar-refractivity contribution is 7.92. The van der Waals surface area contributed by atoms with Crippen molar-refractivity contribution in [3.8, 4) is 11.3 Å². The molecule has 0 saturated carbocycles. The Bertz CT molecular complexity index is 1310. The molecule has 0 aliphatic heterocycles. The van der Waals surface area contributed by atoms with Crippen molar-refractivity contribution in [1.29, 1.82) is 0 Å². The van der Waals surface area contributed by atoms with Crippen molar-refractivity contribution in [3.63, 3.8) is 0 Å². The van der Waals surface area contributed by atoms with Crippen molar-refractivity contribution in [2.45, 2.75) is 18.7 Å². The number of hydrogen-bond donors (Lipinski definition) is 2. The van der Waals surface area contributed by atoms with Crippen LogP contribution in [0.15, 0.2) is 90.1 Å². The molecule has 0 saturated heterocycles. The topological polar surface area (TPSA) is 84.0 Å². The van der Waals surface area contributed by atoms with Crippen molar-refractivity contribution in [2.75, 3.05) is 10.0 Å². The van der Waals surface area contributed by atoms with Crippen LogP contribution in [0.2, 0.25) is 0 Å². The van der Waals surface area contributed by atoms with E-state index in [1.165, 1.54) is 0 Å². The first kappa shape index (κ1) is 20.6. The summed E-state index contributed by atoms with van der Waals surface area (Å²) in [7, 11) is -3.68. The average Bonchev–Trinajstić information content (AvgIpc) is 2.77. The van der Waals surface area contributed by atoms with Crippen LogP contribution in [-0.2, 0) is 10.0 Å². The Hall–Kier alpha value is -3.71. The van der Waals surface area contributed by atoms with Gasteiger partial charge in [-0.05, 0) is 67.9 Å². The van der Waals surface area contributed by atoms with Crippen LogP contribution in [-0.4, -0.2) is 18.4 Å². The summed E-state index contributed by atoms with van der Waals surface area (Å²) < 4.78 is 28.1. The number of aromatic nitrogens is 2. The highest BCUT2D eigenvalue weighted by Crippen LogP contribution is 2.27. The van der Waals surface area contributed by atoms with Gasteiger partial charge in [-0.25, -0.2) is 13.4 Å². The molecule has 4 aromatic rings. The van der Waals surface area contributed by atoms with E-state index in [9.17, 15) is 8.42 Å². The van der Waals surface area contributed by atoms with E-state index in [1.54, 1.807) is 48.8 Å². The molecular weight excluding hydrogens is 408 g/mol. The highest BCUT2D eigenvalue weighted by Gasteiger charge is 2.14. The number of benzene rings is 2. The molecule has 0 unspecified atom stereocenters. The van der Waals surface area contributed by atoms with E-state index in [-0.39, 0.29) is 4.90 Å². The summed E-state index contributed by atoms with van der Waals surface area (Å²) in [5.74, 6) is 0.643. The van der Waals surface area contributed by atoms with Crippen LogP contribution in [0.4, 0.5) is 17.2 Å². The van der Waals surface area contributed by atoms with Gasteiger partial charge < -0.3 is 5.32 Å². The maximum Gasteiger partial charge on any atom is 0.261 e. The Morgan fingerprint density at radius 1 is 0.806 bits per heavy atom. The Labute approximate surface area is 182 Å². The Kier molecular flexibility index (Phi) is 5.68. The maximum absolute atomic E-state index is 12.7. The van der Waals surface area contributed by atoms with Crippen molar-refractivity contribution < 1.29 is 8.42 Å². The lowest BCUT2D eigenvalue weighted by atomic mass is 10.1. The monoisotopic (exact) mass is 430 g/mol. The number of pyridine rings is 2. The fourth-order valence-corrected chi connectivity index (χ4v) is 4.13. The van der Waals surface area contributed by atoms with Gasteiger partial charge in [-0.3, -0.25) is 9.71 Å². The van der Waals surface area contributed by atoms with Crippen LogP contribution in [0.1, 0.15) is 11.1 Å². The van der Waals surface area contributed by atoms with E-state index in [2.05, 4.69) is 20.0 Å². The molecule has 2 aromatic carbocycles. The zero-order valence-electron chi connectivity index (χ0n) is 17.2. The van der Waals surface area contributed by atoms with E-state index < -0.39 is 10.0 Å². The zero-order chi connectivity index (χ0) is 21.8. The lowest BCUT2D eigenvalue weighted by Gasteiger charge is -2.13. The van der Waals surface area contributed by atoms with Gasteiger partial charge in [0.05, 0.1) is 16.3 Å². The summed E-state index contributed by atoms with van der Waals surface area (Å²) in [4.78, 5) is 8.98. The average molecular weight is 431 g/mol. The molecular formula is C24H22N4O2S. The second kappa shape index (κ2) is 8.57. The Morgan fingerprint density at radius 2 is 1.61 bits per heavy atom. The number of nitrogens with one attached hydrogen (secondary N) is 2. The minimum atomic E-state index is -3.68. The molecule has 0 aliphatic rings. The largest absolute Gasteiger partial charge is 0.340 e. The first-order valence-electron chi connectivity index (χ1n) is 9.75. The molecule has 31 heavy (non-hydrogen) atoms. The molecule has 0 aliphatic carbocycles. The van der Waals surface area contributed by atoms with Gasteiger partial charge in [-0.15, -0.1) is 0 Å². The number of aryl methyl sites for hydroxylation is 2. The van der Waals surface area contributed by atoms with Crippen LogP contribution >= 0.6 is 0 Å². The molecule has 0 bridgehead atoms. The van der Waals surface area contributed by atoms with Crippen LogP contribution in [0.5, 0.6) is 0 Å². The fourth-order valence-electron chi connectivity index (χ4n) is 3.08. The quantitative estimate of drug-likeness (QED) is 0.433. The molecule has 6 nitrogen and oxygen atoms in total. The first-order chi connectivity index (χ1) is 14.9. The van der Waals surface area contributed by atoms with E-state index in [4.69, 9.17) is 0 Å². The van der Waals surface area contributed by atoms with E-state index in [1.807, 2.05) is 50.2 Å². The van der Waals surface area contributed by atoms with E-state index >= 15 is 0 Å². The van der Waals surface area contributed by atoms with Gasteiger partial charge in [-0.1, -0.05) is 29.8 Å². The predicted molar refractivity (Wildman–Crippen MR) is 124 cm³/mol. The highest BCUT2D eigenvalue weighted by atomic mass is 32.2. The zero-order valence-corrected chi connectivity index (χ0v) is 18.0. The third kappa shape index (κ3) is 4.90. The molecule has 0 atom stereocenters. The Balaban J connectivity index is 1.58. The normalized spacial score (nSPS) is 11.2. The lowest BCUT2D eigenvalue weighted by Crippen LogP contribution is -2.13. The molecule has 7 heteroatoms. The molecule has 0 fully saturated rings. The molecule has 156 valence electrons. The predicted octanol–water partition coefficient (Wildman–Crippen LogP) is 5.30. The minimum absolute atomic E-state index is 0.220. The number of hydrogen-bond acceptors (Lipinski definition) is 5. The standard InChI is InChI=1S/C24H22N4O2S/c1-17-6-10-21(11-7-17)31(29,30)28-20-9-8-18(2)23(16-20)27-24-15-19(12-14-26-24)22-5-3-4-13-25-22/h3-16,28H,1-2H3,(H,26,27). The molecule has 2 aromatic heterocycles. The van der Waals surface area contributed by atoms with E-state index in [0.29, 0.717) is 11.5 Å². The van der Waals surface area contributed by atoms with Crippen molar-refractivity contribution in [3.05, 3.63) is 96.3 Å². The summed E-state index contributed by atoms with van der Waals surface area (Å²) in [6.07, 6.45) is 3.46. The molecule has 0 amide bonds. The maximum atomic E-state index is 12.7. The summed E-state index contributed by atoms with van der Waals surface area (Å²) >= 11 is 0. The summed E-state index contributed by atoms with van der Waals surface area (Å²) in [6.45, 7) is 3.86. The summed E-state index contributed by atoms with van der Waals surface area (Å²) in [5, 5.41) is 3.28. The van der Waals surface area contributed by atoms with Gasteiger partial charge in [0.25, 0.3) is 10.0 Å². The molecule has 2 N–H and O–H groups in total. The fraction of sp³-hybridized carbons (Fsp3) is 0.0833. The SMILES string of the molecule is Cc1ccc(S(=O)(=O)Nc2ccc(C)c(Nc3cc(-c4ccccn4)ccn3)c2)cc1. The summed E-state index contributed by atoms with van der Waals surface area (Å²) in [6, 6.07) is 21.6. The second-order valence-electron chi connectivity index (χ2n) is 7.22. The number of nitrogens with zero attached hydrogens (tertiary/aromatic N) is 2. The number of rotatable bonds is 6. The van der Waals surface area contributed by atoms with Gasteiger partial charge in [0.1, 0.15) is 5.82 Å². The third-order valence-electron chi connectivity index (χ3n) is 4.80. The smallest absolute Gasteiger partial charge is 0.261 e. The number of anilines is 3. The molecule has 2 heterocycles. The van der Waals surface area contributed by atoms with Crippen molar-refractivity contribution in [2.24, 2.45) is 0 Å². The van der Waals surface area contributed by atoms with Gasteiger partial charge in [-0.2, -0.15) is 0 Å². The van der Waals surface area contributed by atoms with Crippen LogP contribution in [0, 0.1) is 13.8 Å². The van der Waals surface area contributed by atoms with Gasteiger partial charge in [0, 0.05) is 23.6 Å². The first-order valence-corrected chi connectivity index (χ1v) is 11.2. The van der Waals surface area contributed by atoms with Gasteiger partial charge in [0.2, 0.25) is 0 Å². The molecule has 0 radical (unpaired) electrons. The van der Waals surface area contributed by atoms with Crippen molar-refractivity contribution in [1.82, 2.24) is 9.97 Å². The summed E-state index contributed by atoms with van der Waals surface area (Å²) in [5.41, 5.74) is 4.98. The van der Waals surface area contributed by atoms with Gasteiger partial charge >= 0.3 is 0 Å². The molecule has 4 rings (SSSR count). The third-order valence-corrected chi connectivity index (χ3v) is 6.20. The van der Waals surface area contributed by atoms with Crippen molar-refractivity contribution >= 4 is 27.2 Å². The molecule has 0 spiro atoms. The lowest BCUT2D eigenvalue weighted by molar-refractivity contribution is 0.601. The van der Waals surface area contributed by atoms with Crippen LogP contribution in [0.25, 0.3) is 11.3 Å². The van der Waals surface area contributed by atoms with Crippen LogP contribution < -0.4 is 10.0 Å². The number of sulfonamides is 1. The second-order valence-corrected chi connectivity index (χ2v) is 8.90. The van der Waals surface area contributed by atoms with Gasteiger partial charge in [0.15, 0.2) is 0 Å². The Morgan fingerprint density at radius 3 is 2.35 bits per heavy atom.